The molecule has 2 nitrogen and oxygen atoms in total. The van der Waals surface area contributed by atoms with Gasteiger partial charge in [-0.3, -0.25) is 4.79 Å². The van der Waals surface area contributed by atoms with Crippen molar-refractivity contribution in [1.29, 1.82) is 0 Å². The van der Waals surface area contributed by atoms with Crippen molar-refractivity contribution in [2.45, 2.75) is 13.8 Å². The zero-order valence-electron chi connectivity index (χ0n) is 5.56. The first kappa shape index (κ1) is 7.77. The molecule has 0 bridgehead atoms. The Bertz CT molecular complexity index is 193. The van der Waals surface area contributed by atoms with Crippen molar-refractivity contribution in [2.24, 2.45) is 5.73 Å². The van der Waals surface area contributed by atoms with Gasteiger partial charge < -0.3 is 5.73 Å². The summed E-state index contributed by atoms with van der Waals surface area (Å²) < 4.78 is 0. The minimum absolute atomic E-state index is 0.449. The molecule has 0 radical (unpaired) electrons. The number of carbonyl (C=O) groups is 1. The minimum atomic E-state index is -0.449. The van der Waals surface area contributed by atoms with Gasteiger partial charge in [-0.2, -0.15) is 0 Å². The Morgan fingerprint density at radius 1 is 1.67 bits per heavy atom. The van der Waals surface area contributed by atoms with E-state index in [1.54, 1.807) is 13.8 Å². The van der Waals surface area contributed by atoms with Gasteiger partial charge >= 0.3 is 0 Å². The van der Waals surface area contributed by atoms with E-state index in [0.29, 0.717) is 5.57 Å². The molecule has 0 saturated carbocycles. The van der Waals surface area contributed by atoms with Crippen molar-refractivity contribution in [3.63, 3.8) is 0 Å². The molecule has 2 N–H and O–H groups in total. The van der Waals surface area contributed by atoms with Crippen molar-refractivity contribution in [3.8, 4) is 11.8 Å². The number of primary amides is 1. The van der Waals surface area contributed by atoms with Crippen LogP contribution in [0.4, 0.5) is 0 Å². The number of hydrogen-bond donors (Lipinski definition) is 1. The second kappa shape index (κ2) is 3.73. The van der Waals surface area contributed by atoms with E-state index in [9.17, 15) is 4.79 Å². The molecule has 0 aliphatic carbocycles. The Hall–Kier alpha value is -1.23. The molecule has 1 amide bonds. The van der Waals surface area contributed by atoms with Crippen LogP contribution in [0.2, 0.25) is 0 Å². The van der Waals surface area contributed by atoms with Crippen molar-refractivity contribution < 1.29 is 4.79 Å². The van der Waals surface area contributed by atoms with Gasteiger partial charge in [-0.05, 0) is 13.8 Å². The van der Waals surface area contributed by atoms with Crippen LogP contribution in [0.15, 0.2) is 11.6 Å². The van der Waals surface area contributed by atoms with Crippen LogP contribution in [0.3, 0.4) is 0 Å². The number of hydrogen-bond acceptors (Lipinski definition) is 1. The average molecular weight is 123 g/mol. The highest BCUT2D eigenvalue weighted by atomic mass is 16.1. The van der Waals surface area contributed by atoms with E-state index in [2.05, 4.69) is 11.8 Å². The maximum Gasteiger partial charge on any atom is 0.242 e. The van der Waals surface area contributed by atoms with E-state index in [1.165, 1.54) is 6.08 Å². The third-order valence-corrected chi connectivity index (χ3v) is 0.681. The summed E-state index contributed by atoms with van der Waals surface area (Å²) in [6.07, 6.45) is 1.30. The minimum Gasteiger partial charge on any atom is -0.366 e. The molecule has 0 fully saturated rings. The van der Waals surface area contributed by atoms with Crippen molar-refractivity contribution in [1.82, 2.24) is 0 Å². The lowest BCUT2D eigenvalue weighted by Crippen LogP contribution is -2.06. The van der Waals surface area contributed by atoms with Gasteiger partial charge in [-0.1, -0.05) is 5.92 Å². The van der Waals surface area contributed by atoms with Gasteiger partial charge in [0.2, 0.25) is 5.91 Å². The largest absolute Gasteiger partial charge is 0.366 e. The van der Waals surface area contributed by atoms with Gasteiger partial charge in [0, 0.05) is 11.6 Å². The molecule has 0 aliphatic heterocycles. The van der Waals surface area contributed by atoms with Crippen LogP contribution in [0.25, 0.3) is 0 Å². The topological polar surface area (TPSA) is 43.1 Å². The summed E-state index contributed by atoms with van der Waals surface area (Å²) in [6.45, 7) is 3.44. The summed E-state index contributed by atoms with van der Waals surface area (Å²) in [6, 6.07) is 0. The molecule has 48 valence electrons. The number of carbonyl (C=O) groups excluding carboxylic acids is 1. The molecule has 0 aromatic carbocycles. The molecule has 0 unspecified atom stereocenters. The molecular weight excluding hydrogens is 114 g/mol. The number of rotatable bonds is 1. The third-order valence-electron chi connectivity index (χ3n) is 0.681. The number of allylic oxidation sites excluding steroid dienone is 1. The first-order valence-electron chi connectivity index (χ1n) is 2.57. The second-order valence-corrected chi connectivity index (χ2v) is 1.60. The molecule has 0 aromatic heterocycles. The molecule has 0 aliphatic rings. The number of amides is 1. The summed E-state index contributed by atoms with van der Waals surface area (Å²) in [5, 5.41) is 0. The Morgan fingerprint density at radius 3 is 2.56 bits per heavy atom. The summed E-state index contributed by atoms with van der Waals surface area (Å²) in [7, 11) is 0. The summed E-state index contributed by atoms with van der Waals surface area (Å²) in [5.74, 6) is 4.89. The van der Waals surface area contributed by atoms with Crippen LogP contribution in [-0.4, -0.2) is 5.91 Å². The average Bonchev–Trinajstić information content (AvgIpc) is 1.63. The van der Waals surface area contributed by atoms with Crippen LogP contribution >= 0.6 is 0 Å². The van der Waals surface area contributed by atoms with E-state index in [0.717, 1.165) is 0 Å². The third kappa shape index (κ3) is 4.63. The molecule has 0 atom stereocenters. The highest BCUT2D eigenvalue weighted by Gasteiger charge is 1.84. The second-order valence-electron chi connectivity index (χ2n) is 1.60. The van der Waals surface area contributed by atoms with Crippen LogP contribution in [0, 0.1) is 11.8 Å². The van der Waals surface area contributed by atoms with Crippen LogP contribution in [0.5, 0.6) is 0 Å². The van der Waals surface area contributed by atoms with Crippen LogP contribution < -0.4 is 5.73 Å². The molecule has 0 aromatic rings. The quantitative estimate of drug-likeness (QED) is 0.399. The van der Waals surface area contributed by atoms with Gasteiger partial charge in [-0.25, -0.2) is 0 Å². The van der Waals surface area contributed by atoms with Crippen LogP contribution in [0.1, 0.15) is 13.8 Å². The van der Waals surface area contributed by atoms with E-state index in [1.807, 2.05) is 0 Å². The predicted octanol–water partition coefficient (Wildman–Crippen LogP) is 0.441. The summed E-state index contributed by atoms with van der Waals surface area (Å²) >= 11 is 0. The maximum atomic E-state index is 10.2. The molecule has 0 rings (SSSR count). The molecule has 0 saturated heterocycles. The fourth-order valence-corrected chi connectivity index (χ4v) is 0.447. The van der Waals surface area contributed by atoms with Gasteiger partial charge in [0.05, 0.1) is 0 Å². The fourth-order valence-electron chi connectivity index (χ4n) is 0.447. The van der Waals surface area contributed by atoms with Crippen molar-refractivity contribution in [3.05, 3.63) is 11.6 Å². The van der Waals surface area contributed by atoms with Crippen LogP contribution in [-0.2, 0) is 4.79 Å². The Labute approximate surface area is 54.7 Å². The fraction of sp³-hybridized carbons (Fsp3) is 0.286. The summed E-state index contributed by atoms with van der Waals surface area (Å²) in [4.78, 5) is 10.2. The van der Waals surface area contributed by atoms with Gasteiger partial charge in [0.25, 0.3) is 0 Å². The Balaban J connectivity index is 4.11. The Morgan fingerprint density at radius 2 is 2.22 bits per heavy atom. The number of nitrogens with two attached hydrogens (primary N) is 1. The predicted molar refractivity (Wildman–Crippen MR) is 36.4 cm³/mol. The van der Waals surface area contributed by atoms with E-state index in [4.69, 9.17) is 5.73 Å². The maximum absolute atomic E-state index is 10.2. The zero-order valence-corrected chi connectivity index (χ0v) is 5.56. The van der Waals surface area contributed by atoms with E-state index < -0.39 is 5.91 Å². The standard InChI is InChI=1S/C7H9NO/c1-3-4-6(2)5-7(8)9/h5H,1-2H3,(H2,8,9)/b6-5+. The zero-order chi connectivity index (χ0) is 7.28. The molecule has 2 heteroatoms. The lowest BCUT2D eigenvalue weighted by molar-refractivity contribution is -0.113. The molecule has 0 spiro atoms. The monoisotopic (exact) mass is 123 g/mol. The van der Waals surface area contributed by atoms with Crippen molar-refractivity contribution in [2.75, 3.05) is 0 Å². The molecule has 9 heavy (non-hydrogen) atoms. The SMILES string of the molecule is CC#C/C(C)=C/C(N)=O. The highest BCUT2D eigenvalue weighted by Crippen LogP contribution is 1.85. The molecular formula is C7H9NO. The van der Waals surface area contributed by atoms with Crippen molar-refractivity contribution >= 4 is 5.91 Å². The van der Waals surface area contributed by atoms with E-state index >= 15 is 0 Å². The molecule has 0 heterocycles. The van der Waals surface area contributed by atoms with E-state index in [-0.39, 0.29) is 0 Å². The normalized spacial score (nSPS) is 9.78. The van der Waals surface area contributed by atoms with Gasteiger partial charge in [-0.15, -0.1) is 5.92 Å². The Kier molecular flexibility index (Phi) is 3.22. The lowest BCUT2D eigenvalue weighted by atomic mass is 10.3. The lowest BCUT2D eigenvalue weighted by Gasteiger charge is -1.81. The van der Waals surface area contributed by atoms with Gasteiger partial charge in [0.1, 0.15) is 0 Å². The smallest absolute Gasteiger partial charge is 0.242 e. The summed E-state index contributed by atoms with van der Waals surface area (Å²) in [5.41, 5.74) is 5.54. The van der Waals surface area contributed by atoms with Gasteiger partial charge in [0.15, 0.2) is 0 Å². The first-order valence-corrected chi connectivity index (χ1v) is 2.57. The first-order chi connectivity index (χ1) is 4.16. The highest BCUT2D eigenvalue weighted by molar-refractivity contribution is 5.87.